The minimum absolute atomic E-state index is 0.0480. The van der Waals surface area contributed by atoms with Gasteiger partial charge in [0.1, 0.15) is 24.1 Å². The average Bonchev–Trinajstić information content (AvgIpc) is 3.57. The summed E-state index contributed by atoms with van der Waals surface area (Å²) in [5.41, 5.74) is 1.94. The molecule has 0 spiro atoms. The van der Waals surface area contributed by atoms with E-state index in [2.05, 4.69) is 5.32 Å². The smallest absolute Gasteiger partial charge is 0.264 e. The lowest BCUT2D eigenvalue weighted by atomic mass is 10.1. The molecule has 5 rings (SSSR count). The third kappa shape index (κ3) is 8.27. The second-order valence-electron chi connectivity index (χ2n) is 11.5. The van der Waals surface area contributed by atoms with Gasteiger partial charge in [-0.05, 0) is 92.9 Å². The highest BCUT2D eigenvalue weighted by molar-refractivity contribution is 7.92. The van der Waals surface area contributed by atoms with Crippen molar-refractivity contribution < 1.29 is 22.7 Å². The van der Waals surface area contributed by atoms with E-state index >= 15 is 0 Å². The van der Waals surface area contributed by atoms with E-state index in [4.69, 9.17) is 16.3 Å². The van der Waals surface area contributed by atoms with Crippen LogP contribution in [0.4, 0.5) is 5.69 Å². The lowest BCUT2D eigenvalue weighted by molar-refractivity contribution is -0.139. The summed E-state index contributed by atoms with van der Waals surface area (Å²) in [4.78, 5) is 29.1. The molecule has 0 radical (unpaired) electrons. The molecular weight excluding hydrogens is 622 g/mol. The van der Waals surface area contributed by atoms with E-state index in [-0.39, 0.29) is 29.1 Å². The third-order valence-corrected chi connectivity index (χ3v) is 10.2. The van der Waals surface area contributed by atoms with Gasteiger partial charge >= 0.3 is 0 Å². The van der Waals surface area contributed by atoms with Crippen LogP contribution in [0.2, 0.25) is 5.02 Å². The maximum absolute atomic E-state index is 14.2. The first-order valence-electron chi connectivity index (χ1n) is 15.4. The van der Waals surface area contributed by atoms with Crippen LogP contribution in [0, 0.1) is 6.92 Å². The third-order valence-electron chi connectivity index (χ3n) is 8.13. The minimum Gasteiger partial charge on any atom is -0.457 e. The summed E-state index contributed by atoms with van der Waals surface area (Å²) in [6.07, 6.45) is 3.90. The maximum atomic E-state index is 14.2. The lowest BCUT2D eigenvalue weighted by Crippen LogP contribution is -2.52. The summed E-state index contributed by atoms with van der Waals surface area (Å²) in [7, 11) is -4.19. The molecule has 1 fully saturated rings. The number of benzene rings is 4. The van der Waals surface area contributed by atoms with E-state index in [1.165, 1.54) is 17.0 Å². The molecule has 10 heteroatoms. The molecule has 2 amide bonds. The number of aryl methyl sites for hydroxylation is 1. The van der Waals surface area contributed by atoms with Crippen molar-refractivity contribution in [2.75, 3.05) is 10.8 Å². The van der Waals surface area contributed by atoms with Crippen molar-refractivity contribution in [3.05, 3.63) is 119 Å². The molecule has 240 valence electrons. The Morgan fingerprint density at radius 1 is 0.870 bits per heavy atom. The van der Waals surface area contributed by atoms with E-state index in [1.807, 2.05) is 37.3 Å². The van der Waals surface area contributed by atoms with Gasteiger partial charge in [0.05, 0.1) is 10.6 Å². The molecule has 4 aromatic rings. The number of amides is 2. The zero-order chi connectivity index (χ0) is 32.7. The number of para-hydroxylation sites is 1. The molecule has 8 nitrogen and oxygen atoms in total. The largest absolute Gasteiger partial charge is 0.457 e. The summed E-state index contributed by atoms with van der Waals surface area (Å²) >= 11 is 6.10. The normalized spacial score (nSPS) is 14.0. The second kappa shape index (κ2) is 14.8. The number of hydrogen-bond donors (Lipinski definition) is 1. The molecule has 1 aliphatic rings. The van der Waals surface area contributed by atoms with Gasteiger partial charge in [-0.2, -0.15) is 0 Å². The second-order valence-corrected chi connectivity index (χ2v) is 13.8. The number of nitrogens with zero attached hydrogens (tertiary/aromatic N) is 2. The fraction of sp³-hybridized carbons (Fsp3) is 0.278. The van der Waals surface area contributed by atoms with Crippen LogP contribution in [-0.4, -0.2) is 43.8 Å². The van der Waals surface area contributed by atoms with Crippen molar-refractivity contribution in [3.8, 4) is 11.5 Å². The van der Waals surface area contributed by atoms with Gasteiger partial charge in [-0.3, -0.25) is 13.9 Å². The Morgan fingerprint density at radius 2 is 1.48 bits per heavy atom. The zero-order valence-electron chi connectivity index (χ0n) is 25.9. The molecule has 0 heterocycles. The molecule has 0 saturated heterocycles. The van der Waals surface area contributed by atoms with E-state index in [9.17, 15) is 18.0 Å². The van der Waals surface area contributed by atoms with E-state index in [0.717, 1.165) is 41.1 Å². The van der Waals surface area contributed by atoms with Gasteiger partial charge in [-0.1, -0.05) is 72.5 Å². The Labute approximate surface area is 276 Å². The first kappa shape index (κ1) is 33.0. The van der Waals surface area contributed by atoms with Crippen LogP contribution >= 0.6 is 11.6 Å². The number of sulfonamides is 1. The predicted molar refractivity (Wildman–Crippen MR) is 181 cm³/mol. The predicted octanol–water partition coefficient (Wildman–Crippen LogP) is 7.11. The molecular formula is C36H38ClN3O5S. The van der Waals surface area contributed by atoms with Crippen molar-refractivity contribution in [1.82, 2.24) is 10.2 Å². The summed E-state index contributed by atoms with van der Waals surface area (Å²) in [5.74, 6) is 0.349. The van der Waals surface area contributed by atoms with Crippen molar-refractivity contribution >= 4 is 39.1 Å². The molecule has 1 saturated carbocycles. The minimum atomic E-state index is -4.19. The van der Waals surface area contributed by atoms with Gasteiger partial charge in [0.25, 0.3) is 10.0 Å². The maximum Gasteiger partial charge on any atom is 0.264 e. The van der Waals surface area contributed by atoms with Crippen LogP contribution in [-0.2, 0) is 26.2 Å². The summed E-state index contributed by atoms with van der Waals surface area (Å²) in [6.45, 7) is 3.11. The van der Waals surface area contributed by atoms with Crippen LogP contribution in [0.15, 0.2) is 108 Å². The zero-order valence-corrected chi connectivity index (χ0v) is 27.5. The van der Waals surface area contributed by atoms with Crippen molar-refractivity contribution in [3.63, 3.8) is 0 Å². The fourth-order valence-corrected chi connectivity index (χ4v) is 6.97. The highest BCUT2D eigenvalue weighted by Crippen LogP contribution is 2.29. The van der Waals surface area contributed by atoms with Crippen molar-refractivity contribution in [2.24, 2.45) is 0 Å². The number of rotatable bonds is 12. The standard InChI is InChI=1S/C36H38ClN3O5S/c1-26-12-22-34(23-13-26)46(43,44)40(31-18-20-33(21-19-31)45-32-10-4-3-5-11-32)25-35(41)39(24-28-14-16-29(37)17-15-28)27(2)36(42)38-30-8-6-7-9-30/h3-5,10-23,27,30H,6-9,24-25H2,1-2H3,(H,38,42)/t27-/m1/s1. The number of carbonyl (C=O) groups is 2. The molecule has 1 aliphatic carbocycles. The van der Waals surface area contributed by atoms with Gasteiger partial charge in [0, 0.05) is 17.6 Å². The molecule has 1 atom stereocenters. The Balaban J connectivity index is 1.46. The molecule has 0 bridgehead atoms. The SMILES string of the molecule is Cc1ccc(S(=O)(=O)N(CC(=O)N(Cc2ccc(Cl)cc2)[C@H](C)C(=O)NC2CCCC2)c2ccc(Oc3ccccc3)cc2)cc1. The monoisotopic (exact) mass is 659 g/mol. The number of halogens is 1. The Kier molecular flexibility index (Phi) is 10.7. The van der Waals surface area contributed by atoms with Crippen LogP contribution in [0.1, 0.15) is 43.7 Å². The molecule has 0 aromatic heterocycles. The van der Waals surface area contributed by atoms with E-state index < -0.39 is 28.5 Å². The van der Waals surface area contributed by atoms with Crippen LogP contribution in [0.25, 0.3) is 0 Å². The number of carbonyl (C=O) groups excluding carboxylic acids is 2. The first-order valence-corrected chi connectivity index (χ1v) is 17.2. The number of anilines is 1. The molecule has 46 heavy (non-hydrogen) atoms. The highest BCUT2D eigenvalue weighted by Gasteiger charge is 2.33. The average molecular weight is 660 g/mol. The number of ether oxygens (including phenoxy) is 1. The van der Waals surface area contributed by atoms with Crippen LogP contribution in [0.3, 0.4) is 0 Å². The summed E-state index contributed by atoms with van der Waals surface area (Å²) in [5, 5.41) is 3.63. The molecule has 4 aromatic carbocycles. The van der Waals surface area contributed by atoms with Crippen molar-refractivity contribution in [1.29, 1.82) is 0 Å². The lowest BCUT2D eigenvalue weighted by Gasteiger charge is -2.32. The van der Waals surface area contributed by atoms with Gasteiger partial charge in [0.2, 0.25) is 11.8 Å². The van der Waals surface area contributed by atoms with Crippen LogP contribution < -0.4 is 14.4 Å². The Hall–Kier alpha value is -4.34. The molecule has 0 aliphatic heterocycles. The van der Waals surface area contributed by atoms with Crippen molar-refractivity contribution in [2.45, 2.75) is 63.1 Å². The van der Waals surface area contributed by atoms with E-state index in [0.29, 0.717) is 16.5 Å². The first-order chi connectivity index (χ1) is 22.1. The van der Waals surface area contributed by atoms with Gasteiger partial charge in [0.15, 0.2) is 0 Å². The van der Waals surface area contributed by atoms with Gasteiger partial charge in [-0.15, -0.1) is 0 Å². The quantitative estimate of drug-likeness (QED) is 0.175. The molecule has 0 unspecified atom stereocenters. The highest BCUT2D eigenvalue weighted by atomic mass is 35.5. The summed E-state index contributed by atoms with van der Waals surface area (Å²) in [6, 6.07) is 28.5. The Bertz CT molecular complexity index is 1730. The number of nitrogens with one attached hydrogen (secondary N) is 1. The van der Waals surface area contributed by atoms with Gasteiger partial charge in [-0.25, -0.2) is 8.42 Å². The fourth-order valence-electron chi connectivity index (χ4n) is 5.43. The van der Waals surface area contributed by atoms with Gasteiger partial charge < -0.3 is 15.0 Å². The number of hydrogen-bond acceptors (Lipinski definition) is 5. The van der Waals surface area contributed by atoms with Crippen LogP contribution in [0.5, 0.6) is 11.5 Å². The topological polar surface area (TPSA) is 96.0 Å². The van der Waals surface area contributed by atoms with E-state index in [1.54, 1.807) is 67.6 Å². The Morgan fingerprint density at radius 3 is 2.11 bits per heavy atom. The molecule has 1 N–H and O–H groups in total. The summed E-state index contributed by atoms with van der Waals surface area (Å²) < 4.78 is 35.3.